The highest BCUT2D eigenvalue weighted by molar-refractivity contribution is 7.80. The summed E-state index contributed by atoms with van der Waals surface area (Å²) in [5, 5.41) is 4.06. The molecule has 2 atom stereocenters. The SMILES string of the molecule is CCc1ccc(N2C(=S)N[C@@H](c3ccccn3)[C@@H]2c2ccc(-c3ccc(F)cc3)o2)cc1. The van der Waals surface area contributed by atoms with E-state index in [0.717, 1.165) is 29.1 Å². The maximum atomic E-state index is 13.4. The van der Waals surface area contributed by atoms with E-state index in [1.165, 1.54) is 17.7 Å². The van der Waals surface area contributed by atoms with Crippen LogP contribution < -0.4 is 10.2 Å². The fraction of sp³-hybridized carbons (Fsp3) is 0.154. The summed E-state index contributed by atoms with van der Waals surface area (Å²) in [5.74, 6) is 1.16. The molecule has 2 aromatic carbocycles. The summed E-state index contributed by atoms with van der Waals surface area (Å²) in [6.45, 7) is 2.14. The van der Waals surface area contributed by atoms with Crippen molar-refractivity contribution >= 4 is 23.0 Å². The predicted octanol–water partition coefficient (Wildman–Crippen LogP) is 6.22. The van der Waals surface area contributed by atoms with Crippen molar-refractivity contribution in [2.24, 2.45) is 0 Å². The van der Waals surface area contributed by atoms with Gasteiger partial charge in [0.1, 0.15) is 23.4 Å². The first-order chi connectivity index (χ1) is 15.6. The second kappa shape index (κ2) is 8.55. The molecule has 1 saturated heterocycles. The van der Waals surface area contributed by atoms with Crippen molar-refractivity contribution < 1.29 is 8.81 Å². The first-order valence-corrected chi connectivity index (χ1v) is 11.0. The highest BCUT2D eigenvalue weighted by Crippen LogP contribution is 2.42. The number of pyridine rings is 1. The molecular weight excluding hydrogens is 421 g/mol. The van der Waals surface area contributed by atoms with Crippen LogP contribution in [-0.2, 0) is 6.42 Å². The van der Waals surface area contributed by atoms with Gasteiger partial charge in [-0.2, -0.15) is 0 Å². The molecule has 5 rings (SSSR count). The molecule has 2 aromatic heterocycles. The van der Waals surface area contributed by atoms with Crippen LogP contribution >= 0.6 is 12.2 Å². The Morgan fingerprint density at radius 1 is 1.00 bits per heavy atom. The molecule has 0 aliphatic carbocycles. The number of thiocarbonyl (C=S) groups is 1. The summed E-state index contributed by atoms with van der Waals surface area (Å²) in [7, 11) is 0. The zero-order valence-electron chi connectivity index (χ0n) is 17.5. The number of benzene rings is 2. The standard InChI is InChI=1S/C26H22FN3OS/c1-2-17-6-12-20(13-7-17)30-25(24(29-26(30)32)21-5-3-4-16-28-21)23-15-14-22(31-23)18-8-10-19(27)11-9-18/h3-16,24-25H,2H2,1H3,(H,29,32)/t24-,25-/m0/s1. The normalized spacial score (nSPS) is 18.1. The Hall–Kier alpha value is -3.51. The molecule has 0 saturated carbocycles. The van der Waals surface area contributed by atoms with Crippen LogP contribution in [0.25, 0.3) is 11.3 Å². The lowest BCUT2D eigenvalue weighted by Gasteiger charge is -2.26. The Bertz CT molecular complexity index is 1220. The summed E-state index contributed by atoms with van der Waals surface area (Å²) in [4.78, 5) is 6.65. The first-order valence-electron chi connectivity index (χ1n) is 10.6. The highest BCUT2D eigenvalue weighted by atomic mass is 32.1. The lowest BCUT2D eigenvalue weighted by atomic mass is 10.0. The molecule has 0 amide bonds. The van der Waals surface area contributed by atoms with Gasteiger partial charge < -0.3 is 14.6 Å². The minimum Gasteiger partial charge on any atom is -0.459 e. The lowest BCUT2D eigenvalue weighted by molar-refractivity contribution is 0.439. The number of anilines is 1. The van der Waals surface area contributed by atoms with Gasteiger partial charge in [0.05, 0.1) is 11.7 Å². The second-order valence-corrected chi connectivity index (χ2v) is 8.11. The van der Waals surface area contributed by atoms with Gasteiger partial charge in [-0.05, 0) is 84.9 Å². The number of hydrogen-bond acceptors (Lipinski definition) is 3. The Labute approximate surface area is 191 Å². The van der Waals surface area contributed by atoms with E-state index >= 15 is 0 Å². The van der Waals surface area contributed by atoms with E-state index in [4.69, 9.17) is 16.6 Å². The minimum absolute atomic E-state index is 0.179. The topological polar surface area (TPSA) is 41.3 Å². The van der Waals surface area contributed by atoms with Crippen LogP contribution in [0.4, 0.5) is 10.1 Å². The average molecular weight is 444 g/mol. The number of nitrogens with zero attached hydrogens (tertiary/aromatic N) is 2. The second-order valence-electron chi connectivity index (χ2n) is 7.73. The van der Waals surface area contributed by atoms with Crippen LogP contribution in [0.5, 0.6) is 0 Å². The Morgan fingerprint density at radius 3 is 2.47 bits per heavy atom. The number of furan rings is 1. The van der Waals surface area contributed by atoms with Crippen LogP contribution in [0.1, 0.15) is 36.0 Å². The average Bonchev–Trinajstić information content (AvgIpc) is 3.45. The van der Waals surface area contributed by atoms with Gasteiger partial charge >= 0.3 is 0 Å². The molecule has 32 heavy (non-hydrogen) atoms. The van der Waals surface area contributed by atoms with E-state index in [1.54, 1.807) is 18.3 Å². The molecule has 1 N–H and O–H groups in total. The molecule has 0 radical (unpaired) electrons. The Kier molecular flexibility index (Phi) is 5.45. The molecule has 3 heterocycles. The van der Waals surface area contributed by atoms with Crippen LogP contribution in [0, 0.1) is 5.82 Å². The van der Waals surface area contributed by atoms with Crippen molar-refractivity contribution in [2.45, 2.75) is 25.4 Å². The van der Waals surface area contributed by atoms with E-state index in [1.807, 2.05) is 30.3 Å². The zero-order chi connectivity index (χ0) is 22.1. The third-order valence-corrected chi connectivity index (χ3v) is 6.08. The third kappa shape index (κ3) is 3.78. The van der Waals surface area contributed by atoms with Gasteiger partial charge in [-0.1, -0.05) is 25.1 Å². The number of aromatic nitrogens is 1. The van der Waals surface area contributed by atoms with E-state index in [0.29, 0.717) is 10.9 Å². The van der Waals surface area contributed by atoms with Gasteiger partial charge in [-0.3, -0.25) is 4.98 Å². The quantitative estimate of drug-likeness (QED) is 0.371. The molecule has 0 unspecified atom stereocenters. The van der Waals surface area contributed by atoms with E-state index in [9.17, 15) is 4.39 Å². The van der Waals surface area contributed by atoms with Gasteiger partial charge in [0.25, 0.3) is 0 Å². The number of aryl methyl sites for hydroxylation is 1. The van der Waals surface area contributed by atoms with E-state index in [2.05, 4.69) is 46.4 Å². The lowest BCUT2D eigenvalue weighted by Crippen LogP contribution is -2.29. The molecule has 0 bridgehead atoms. The number of rotatable bonds is 5. The smallest absolute Gasteiger partial charge is 0.174 e. The van der Waals surface area contributed by atoms with Crippen LogP contribution in [0.3, 0.4) is 0 Å². The maximum Gasteiger partial charge on any atom is 0.174 e. The van der Waals surface area contributed by atoms with Gasteiger partial charge in [0, 0.05) is 17.4 Å². The molecule has 4 aromatic rings. The first kappa shape index (κ1) is 20.4. The molecule has 160 valence electrons. The van der Waals surface area contributed by atoms with Gasteiger partial charge in [-0.25, -0.2) is 4.39 Å². The van der Waals surface area contributed by atoms with Crippen molar-refractivity contribution in [2.75, 3.05) is 4.90 Å². The number of halogens is 1. The number of nitrogens with one attached hydrogen (secondary N) is 1. The molecule has 1 fully saturated rings. The Morgan fingerprint density at radius 2 is 1.78 bits per heavy atom. The molecule has 4 nitrogen and oxygen atoms in total. The third-order valence-electron chi connectivity index (χ3n) is 5.77. The summed E-state index contributed by atoms with van der Waals surface area (Å²) in [6, 6.07) is 24.0. The summed E-state index contributed by atoms with van der Waals surface area (Å²) in [6.07, 6.45) is 2.75. The monoisotopic (exact) mass is 443 g/mol. The van der Waals surface area contributed by atoms with Crippen molar-refractivity contribution in [3.63, 3.8) is 0 Å². The number of hydrogen-bond donors (Lipinski definition) is 1. The molecule has 0 spiro atoms. The van der Waals surface area contributed by atoms with Crippen molar-refractivity contribution in [3.05, 3.63) is 108 Å². The predicted molar refractivity (Wildman–Crippen MR) is 128 cm³/mol. The van der Waals surface area contributed by atoms with Crippen molar-refractivity contribution in [1.82, 2.24) is 10.3 Å². The fourth-order valence-electron chi connectivity index (χ4n) is 4.10. The van der Waals surface area contributed by atoms with Crippen molar-refractivity contribution in [1.29, 1.82) is 0 Å². The van der Waals surface area contributed by atoms with Gasteiger partial charge in [-0.15, -0.1) is 0 Å². The van der Waals surface area contributed by atoms with E-state index in [-0.39, 0.29) is 17.9 Å². The van der Waals surface area contributed by atoms with Crippen LogP contribution in [0.2, 0.25) is 0 Å². The summed E-state index contributed by atoms with van der Waals surface area (Å²) in [5.41, 5.74) is 3.95. The van der Waals surface area contributed by atoms with Crippen LogP contribution in [-0.4, -0.2) is 10.1 Å². The zero-order valence-corrected chi connectivity index (χ0v) is 18.4. The Balaban J connectivity index is 1.57. The van der Waals surface area contributed by atoms with Crippen LogP contribution in [0.15, 0.2) is 89.5 Å². The summed E-state index contributed by atoms with van der Waals surface area (Å²) >= 11 is 5.76. The molecule has 1 aliphatic heterocycles. The molecule has 6 heteroatoms. The largest absolute Gasteiger partial charge is 0.459 e. The van der Waals surface area contributed by atoms with Gasteiger partial charge in [0.15, 0.2) is 5.11 Å². The molecular formula is C26H22FN3OS. The highest BCUT2D eigenvalue weighted by Gasteiger charge is 2.42. The molecule has 1 aliphatic rings. The summed E-state index contributed by atoms with van der Waals surface area (Å²) < 4.78 is 19.7. The minimum atomic E-state index is -0.275. The fourth-order valence-corrected chi connectivity index (χ4v) is 4.44. The van der Waals surface area contributed by atoms with E-state index < -0.39 is 0 Å². The van der Waals surface area contributed by atoms with Crippen molar-refractivity contribution in [3.8, 4) is 11.3 Å². The van der Waals surface area contributed by atoms with Gasteiger partial charge in [0.2, 0.25) is 0 Å². The maximum absolute atomic E-state index is 13.4.